The molecule has 0 fully saturated rings. The van der Waals surface area contributed by atoms with Gasteiger partial charge in [0.15, 0.2) is 11.6 Å². The quantitative estimate of drug-likeness (QED) is 0.822. The summed E-state index contributed by atoms with van der Waals surface area (Å²) in [6, 6.07) is 8.72. The van der Waals surface area contributed by atoms with Crippen LogP contribution in [0.1, 0.15) is 0 Å². The summed E-state index contributed by atoms with van der Waals surface area (Å²) in [4.78, 5) is 0. The lowest BCUT2D eigenvalue weighted by Crippen LogP contribution is -1.99. The number of halogens is 2. The number of hydrogen-bond donors (Lipinski definition) is 2. The zero-order valence-electron chi connectivity index (χ0n) is 9.71. The molecule has 5 heteroatoms. The number of nitrogens with one attached hydrogen (secondary N) is 1. The summed E-state index contributed by atoms with van der Waals surface area (Å²) < 4.78 is 30.9. The van der Waals surface area contributed by atoms with E-state index >= 15 is 0 Å². The predicted molar refractivity (Wildman–Crippen MR) is 67.0 cm³/mol. The summed E-state index contributed by atoms with van der Waals surface area (Å²) in [6.45, 7) is 0. The number of anilines is 3. The fraction of sp³-hybridized carbons (Fsp3) is 0.0769. The van der Waals surface area contributed by atoms with Crippen LogP contribution in [0.2, 0.25) is 0 Å². The minimum absolute atomic E-state index is 0.407. The van der Waals surface area contributed by atoms with Crippen molar-refractivity contribution >= 4 is 17.1 Å². The summed E-state index contributed by atoms with van der Waals surface area (Å²) in [5, 5.41) is 2.90. The van der Waals surface area contributed by atoms with E-state index in [2.05, 4.69) is 5.32 Å². The van der Waals surface area contributed by atoms with Crippen LogP contribution >= 0.6 is 0 Å². The van der Waals surface area contributed by atoms with Gasteiger partial charge in [-0.2, -0.15) is 0 Å². The number of rotatable bonds is 3. The number of benzene rings is 2. The Morgan fingerprint density at radius 1 is 1.11 bits per heavy atom. The molecule has 0 radical (unpaired) electrons. The minimum atomic E-state index is -0.915. The van der Waals surface area contributed by atoms with Crippen LogP contribution < -0.4 is 15.8 Å². The molecule has 0 saturated carbocycles. The molecule has 94 valence electrons. The number of methoxy groups -OCH3 is 1. The Morgan fingerprint density at radius 3 is 2.56 bits per heavy atom. The monoisotopic (exact) mass is 250 g/mol. The van der Waals surface area contributed by atoms with E-state index in [1.807, 2.05) is 0 Å². The van der Waals surface area contributed by atoms with E-state index in [1.165, 1.54) is 13.2 Å². The van der Waals surface area contributed by atoms with Crippen LogP contribution in [-0.4, -0.2) is 7.11 Å². The molecule has 0 aliphatic heterocycles. The second-order valence-electron chi connectivity index (χ2n) is 3.68. The standard InChI is InChI=1S/C13H12F2N2O/c1-18-12-4-2-3-11(13(12)16)17-8-5-6-9(14)10(15)7-8/h2-7,17H,16H2,1H3. The van der Waals surface area contributed by atoms with E-state index in [0.29, 0.717) is 22.8 Å². The zero-order valence-corrected chi connectivity index (χ0v) is 9.71. The van der Waals surface area contributed by atoms with E-state index in [0.717, 1.165) is 12.1 Å². The summed E-state index contributed by atoms with van der Waals surface area (Å²) in [6.07, 6.45) is 0. The van der Waals surface area contributed by atoms with E-state index in [9.17, 15) is 8.78 Å². The SMILES string of the molecule is COc1cccc(Nc2ccc(F)c(F)c2)c1N. The van der Waals surface area contributed by atoms with E-state index in [1.54, 1.807) is 18.2 Å². The van der Waals surface area contributed by atoms with Crippen molar-refractivity contribution in [1.82, 2.24) is 0 Å². The molecule has 0 bridgehead atoms. The lowest BCUT2D eigenvalue weighted by atomic mass is 10.2. The van der Waals surface area contributed by atoms with Gasteiger partial charge in [-0.3, -0.25) is 0 Å². The van der Waals surface area contributed by atoms with Crippen molar-refractivity contribution in [2.75, 3.05) is 18.2 Å². The Balaban J connectivity index is 2.31. The molecule has 2 rings (SSSR count). The van der Waals surface area contributed by atoms with Crippen molar-refractivity contribution in [2.24, 2.45) is 0 Å². The maximum absolute atomic E-state index is 13.1. The Morgan fingerprint density at radius 2 is 1.89 bits per heavy atom. The van der Waals surface area contributed by atoms with Crippen LogP contribution in [0.3, 0.4) is 0 Å². The highest BCUT2D eigenvalue weighted by atomic mass is 19.2. The van der Waals surface area contributed by atoms with Gasteiger partial charge in [0.05, 0.1) is 18.5 Å². The molecule has 0 amide bonds. The van der Waals surface area contributed by atoms with E-state index in [-0.39, 0.29) is 0 Å². The molecule has 0 heterocycles. The Bertz CT molecular complexity index is 573. The largest absolute Gasteiger partial charge is 0.495 e. The molecule has 0 aliphatic rings. The summed E-state index contributed by atoms with van der Waals surface area (Å²) in [7, 11) is 1.51. The molecular formula is C13H12F2N2O. The minimum Gasteiger partial charge on any atom is -0.495 e. The topological polar surface area (TPSA) is 47.3 Å². The van der Waals surface area contributed by atoms with Gasteiger partial charge in [0.2, 0.25) is 0 Å². The van der Waals surface area contributed by atoms with Crippen molar-refractivity contribution in [3.8, 4) is 5.75 Å². The van der Waals surface area contributed by atoms with Crippen molar-refractivity contribution in [3.05, 3.63) is 48.0 Å². The molecular weight excluding hydrogens is 238 g/mol. The fourth-order valence-electron chi connectivity index (χ4n) is 1.56. The summed E-state index contributed by atoms with van der Waals surface area (Å²) >= 11 is 0. The predicted octanol–water partition coefficient (Wildman–Crippen LogP) is 3.30. The number of nitrogens with two attached hydrogens (primary N) is 1. The van der Waals surface area contributed by atoms with E-state index in [4.69, 9.17) is 10.5 Å². The molecule has 18 heavy (non-hydrogen) atoms. The highest BCUT2D eigenvalue weighted by Crippen LogP contribution is 2.31. The molecule has 0 aliphatic carbocycles. The van der Waals surface area contributed by atoms with Gasteiger partial charge in [-0.05, 0) is 24.3 Å². The summed E-state index contributed by atoms with van der Waals surface area (Å²) in [5.41, 5.74) is 7.24. The number of ether oxygens (including phenoxy) is 1. The highest BCUT2D eigenvalue weighted by Gasteiger charge is 2.07. The molecule has 0 atom stereocenters. The van der Waals surface area contributed by atoms with Crippen molar-refractivity contribution < 1.29 is 13.5 Å². The van der Waals surface area contributed by atoms with Crippen LogP contribution in [0.4, 0.5) is 25.8 Å². The lowest BCUT2D eigenvalue weighted by molar-refractivity contribution is 0.417. The number of para-hydroxylation sites is 1. The second-order valence-corrected chi connectivity index (χ2v) is 3.68. The lowest BCUT2D eigenvalue weighted by Gasteiger charge is -2.12. The van der Waals surface area contributed by atoms with E-state index < -0.39 is 11.6 Å². The average Bonchev–Trinajstić information content (AvgIpc) is 2.36. The van der Waals surface area contributed by atoms with Crippen LogP contribution in [0.15, 0.2) is 36.4 Å². The molecule has 0 saturated heterocycles. The Labute approximate surface area is 103 Å². The number of hydrogen-bond acceptors (Lipinski definition) is 3. The smallest absolute Gasteiger partial charge is 0.160 e. The van der Waals surface area contributed by atoms with Crippen LogP contribution in [0, 0.1) is 11.6 Å². The molecule has 0 aromatic heterocycles. The first kappa shape index (κ1) is 12.2. The molecule has 2 aromatic carbocycles. The van der Waals surface area contributed by atoms with Gasteiger partial charge < -0.3 is 15.8 Å². The third-order valence-corrected chi connectivity index (χ3v) is 2.48. The van der Waals surface area contributed by atoms with Crippen molar-refractivity contribution in [3.63, 3.8) is 0 Å². The van der Waals surface area contributed by atoms with Crippen LogP contribution in [0.25, 0.3) is 0 Å². The van der Waals surface area contributed by atoms with Gasteiger partial charge >= 0.3 is 0 Å². The zero-order chi connectivity index (χ0) is 13.1. The molecule has 0 unspecified atom stereocenters. The Hall–Kier alpha value is -2.30. The Kier molecular flexibility index (Phi) is 3.32. The maximum Gasteiger partial charge on any atom is 0.160 e. The molecule has 0 spiro atoms. The first-order valence-corrected chi connectivity index (χ1v) is 5.26. The van der Waals surface area contributed by atoms with Gasteiger partial charge in [0.25, 0.3) is 0 Å². The van der Waals surface area contributed by atoms with Gasteiger partial charge in [-0.1, -0.05) is 6.07 Å². The van der Waals surface area contributed by atoms with Crippen LogP contribution in [-0.2, 0) is 0 Å². The van der Waals surface area contributed by atoms with Crippen molar-refractivity contribution in [1.29, 1.82) is 0 Å². The highest BCUT2D eigenvalue weighted by molar-refractivity contribution is 5.77. The second kappa shape index (κ2) is 4.91. The van der Waals surface area contributed by atoms with Gasteiger partial charge in [0, 0.05) is 11.8 Å². The number of nitrogen functional groups attached to an aromatic ring is 1. The first-order valence-electron chi connectivity index (χ1n) is 5.26. The normalized spacial score (nSPS) is 10.2. The molecule has 3 nitrogen and oxygen atoms in total. The third-order valence-electron chi connectivity index (χ3n) is 2.48. The first-order chi connectivity index (χ1) is 8.61. The molecule has 3 N–H and O–H groups in total. The fourth-order valence-corrected chi connectivity index (χ4v) is 1.56. The van der Waals surface area contributed by atoms with Gasteiger partial charge in [-0.15, -0.1) is 0 Å². The average molecular weight is 250 g/mol. The maximum atomic E-state index is 13.1. The van der Waals surface area contributed by atoms with Crippen LogP contribution in [0.5, 0.6) is 5.75 Å². The molecule has 2 aromatic rings. The third kappa shape index (κ3) is 2.34. The van der Waals surface area contributed by atoms with Gasteiger partial charge in [0.1, 0.15) is 5.75 Å². The van der Waals surface area contributed by atoms with Gasteiger partial charge in [-0.25, -0.2) is 8.78 Å². The van der Waals surface area contributed by atoms with Crippen molar-refractivity contribution in [2.45, 2.75) is 0 Å². The summed E-state index contributed by atoms with van der Waals surface area (Å²) in [5.74, 6) is -1.29.